The van der Waals surface area contributed by atoms with E-state index in [1.165, 1.54) is 12.1 Å². The van der Waals surface area contributed by atoms with Gasteiger partial charge in [0.2, 0.25) is 0 Å². The van der Waals surface area contributed by atoms with Crippen molar-refractivity contribution in [2.75, 3.05) is 0 Å². The molecule has 1 aliphatic carbocycles. The van der Waals surface area contributed by atoms with Crippen LogP contribution in [0.5, 0.6) is 11.5 Å². The van der Waals surface area contributed by atoms with Crippen molar-refractivity contribution in [2.45, 2.75) is 31.8 Å². The van der Waals surface area contributed by atoms with E-state index in [0.29, 0.717) is 31.4 Å². The van der Waals surface area contributed by atoms with Crippen LogP contribution in [0.2, 0.25) is 0 Å². The van der Waals surface area contributed by atoms with E-state index in [9.17, 15) is 9.90 Å². The van der Waals surface area contributed by atoms with Gasteiger partial charge in [-0.3, -0.25) is 4.79 Å². The first kappa shape index (κ1) is 11.9. The molecule has 0 aliphatic heterocycles. The monoisotopic (exact) mass is 236 g/mol. The Morgan fingerprint density at radius 1 is 1.12 bits per heavy atom. The zero-order valence-electron chi connectivity index (χ0n) is 9.50. The van der Waals surface area contributed by atoms with Gasteiger partial charge in [-0.2, -0.15) is 0 Å². The summed E-state index contributed by atoms with van der Waals surface area (Å²) < 4.78 is 5.21. The third kappa shape index (κ3) is 3.20. The van der Waals surface area contributed by atoms with Gasteiger partial charge in [0.1, 0.15) is 11.5 Å². The topological polar surface area (TPSA) is 66.8 Å². The number of benzene rings is 1. The quantitative estimate of drug-likeness (QED) is 0.607. The minimum atomic E-state index is -0.271. The second kappa shape index (κ2) is 5.19. The molecule has 4 heteroatoms. The summed E-state index contributed by atoms with van der Waals surface area (Å²) in [5.74, 6) is 0.222. The van der Waals surface area contributed by atoms with Gasteiger partial charge in [-0.25, -0.2) is 0 Å². The molecular formula is C13H16O4. The van der Waals surface area contributed by atoms with Crippen LogP contribution in [0.4, 0.5) is 0 Å². The van der Waals surface area contributed by atoms with Gasteiger partial charge in [-0.05, 0) is 49.9 Å². The molecule has 1 aliphatic rings. The first-order chi connectivity index (χ1) is 8.15. The number of carbonyl (C=O) groups excluding carboxylic acids is 1. The molecular weight excluding hydrogens is 220 g/mol. The van der Waals surface area contributed by atoms with Crippen LogP contribution >= 0.6 is 0 Å². The number of phenolic OH excluding ortho intramolecular Hbond substituents is 1. The van der Waals surface area contributed by atoms with E-state index in [1.54, 1.807) is 12.1 Å². The highest BCUT2D eigenvalue weighted by molar-refractivity contribution is 5.75. The first-order valence-corrected chi connectivity index (χ1v) is 5.84. The van der Waals surface area contributed by atoms with Gasteiger partial charge < -0.3 is 14.9 Å². The average Bonchev–Trinajstić information content (AvgIpc) is 2.33. The molecule has 1 fully saturated rings. The maximum atomic E-state index is 11.8. The minimum absolute atomic E-state index is 0.118. The molecule has 1 aromatic rings. The Bertz CT molecular complexity index is 377. The molecule has 2 N–H and O–H groups in total. The number of ether oxygens (including phenoxy) is 1. The Morgan fingerprint density at radius 3 is 2.29 bits per heavy atom. The second-order valence-electron chi connectivity index (χ2n) is 4.42. The van der Waals surface area contributed by atoms with E-state index in [1.807, 2.05) is 0 Å². The van der Waals surface area contributed by atoms with Crippen molar-refractivity contribution in [3.8, 4) is 11.5 Å². The highest BCUT2D eigenvalue weighted by atomic mass is 16.5. The van der Waals surface area contributed by atoms with Gasteiger partial charge in [-0.1, -0.05) is 0 Å². The largest absolute Gasteiger partial charge is 0.508 e. The summed E-state index contributed by atoms with van der Waals surface area (Å²) in [5, 5.41) is 18.4. The van der Waals surface area contributed by atoms with Crippen molar-refractivity contribution in [2.24, 2.45) is 5.92 Å². The number of aliphatic hydroxyl groups excluding tert-OH is 1. The number of aliphatic hydroxyl groups is 1. The summed E-state index contributed by atoms with van der Waals surface area (Å²) in [7, 11) is 0. The SMILES string of the molecule is O=C(Oc1ccc(O)cc1)C1CCC(O)CC1. The van der Waals surface area contributed by atoms with Crippen LogP contribution in [-0.4, -0.2) is 22.3 Å². The standard InChI is InChI=1S/C13H16O4/c14-10-3-1-9(2-4-10)13(16)17-12-7-5-11(15)6-8-12/h5-10,14-15H,1-4H2. The second-order valence-corrected chi connectivity index (χ2v) is 4.42. The fourth-order valence-electron chi connectivity index (χ4n) is 2.03. The van der Waals surface area contributed by atoms with Crippen LogP contribution < -0.4 is 4.74 Å². The van der Waals surface area contributed by atoms with Crippen LogP contribution in [0.25, 0.3) is 0 Å². The lowest BCUT2D eigenvalue weighted by molar-refractivity contribution is -0.140. The van der Waals surface area contributed by atoms with E-state index >= 15 is 0 Å². The summed E-state index contributed by atoms with van der Waals surface area (Å²) in [6.45, 7) is 0. The molecule has 1 aromatic carbocycles. The van der Waals surface area contributed by atoms with E-state index in [-0.39, 0.29) is 23.7 Å². The van der Waals surface area contributed by atoms with Gasteiger partial charge in [0, 0.05) is 0 Å². The van der Waals surface area contributed by atoms with Crippen molar-refractivity contribution in [3.05, 3.63) is 24.3 Å². The fraction of sp³-hybridized carbons (Fsp3) is 0.462. The Labute approximate surface area is 99.8 Å². The highest BCUT2D eigenvalue weighted by Gasteiger charge is 2.26. The minimum Gasteiger partial charge on any atom is -0.508 e. The van der Waals surface area contributed by atoms with Crippen LogP contribution in [0.1, 0.15) is 25.7 Å². The lowest BCUT2D eigenvalue weighted by Crippen LogP contribution is -2.27. The third-order valence-corrected chi connectivity index (χ3v) is 3.09. The van der Waals surface area contributed by atoms with Gasteiger partial charge >= 0.3 is 5.97 Å². The number of hydrogen-bond acceptors (Lipinski definition) is 4. The van der Waals surface area contributed by atoms with Crippen molar-refractivity contribution in [3.63, 3.8) is 0 Å². The van der Waals surface area contributed by atoms with E-state index < -0.39 is 0 Å². The van der Waals surface area contributed by atoms with Crippen molar-refractivity contribution in [1.29, 1.82) is 0 Å². The van der Waals surface area contributed by atoms with E-state index in [4.69, 9.17) is 9.84 Å². The van der Waals surface area contributed by atoms with Gasteiger partial charge in [0.05, 0.1) is 12.0 Å². The predicted molar refractivity (Wildman–Crippen MR) is 61.7 cm³/mol. The predicted octanol–water partition coefficient (Wildman–Crippen LogP) is 1.85. The molecule has 0 aromatic heterocycles. The Hall–Kier alpha value is -1.55. The number of phenols is 1. The highest BCUT2D eigenvalue weighted by Crippen LogP contribution is 2.26. The number of carbonyl (C=O) groups is 1. The van der Waals surface area contributed by atoms with Gasteiger partial charge in [0.15, 0.2) is 0 Å². The van der Waals surface area contributed by atoms with Gasteiger partial charge in [-0.15, -0.1) is 0 Å². The maximum Gasteiger partial charge on any atom is 0.314 e. The molecule has 0 bridgehead atoms. The van der Waals surface area contributed by atoms with E-state index in [0.717, 1.165) is 0 Å². The normalized spacial score (nSPS) is 24.3. The number of hydrogen-bond donors (Lipinski definition) is 2. The molecule has 0 saturated heterocycles. The average molecular weight is 236 g/mol. The smallest absolute Gasteiger partial charge is 0.314 e. The molecule has 1 saturated carbocycles. The first-order valence-electron chi connectivity index (χ1n) is 5.84. The summed E-state index contributed by atoms with van der Waals surface area (Å²) in [6, 6.07) is 6.08. The number of rotatable bonds is 2. The Morgan fingerprint density at radius 2 is 1.71 bits per heavy atom. The molecule has 0 radical (unpaired) electrons. The molecule has 0 spiro atoms. The Kier molecular flexibility index (Phi) is 3.64. The molecule has 0 heterocycles. The summed E-state index contributed by atoms with van der Waals surface area (Å²) in [5.41, 5.74) is 0. The van der Waals surface area contributed by atoms with E-state index in [2.05, 4.69) is 0 Å². The van der Waals surface area contributed by atoms with Crippen molar-refractivity contribution in [1.82, 2.24) is 0 Å². The zero-order valence-corrected chi connectivity index (χ0v) is 9.50. The summed E-state index contributed by atoms with van der Waals surface area (Å²) in [6.07, 6.45) is 2.41. The van der Waals surface area contributed by atoms with Gasteiger partial charge in [0.25, 0.3) is 0 Å². The molecule has 17 heavy (non-hydrogen) atoms. The summed E-state index contributed by atoms with van der Waals surface area (Å²) >= 11 is 0. The lowest BCUT2D eigenvalue weighted by Gasteiger charge is -2.23. The molecule has 92 valence electrons. The third-order valence-electron chi connectivity index (χ3n) is 3.09. The Balaban J connectivity index is 1.90. The maximum absolute atomic E-state index is 11.8. The van der Waals surface area contributed by atoms with Crippen molar-refractivity contribution < 1.29 is 19.7 Å². The number of aromatic hydroxyl groups is 1. The fourth-order valence-corrected chi connectivity index (χ4v) is 2.03. The molecule has 2 rings (SSSR count). The molecule has 4 nitrogen and oxygen atoms in total. The number of esters is 1. The molecule has 0 unspecified atom stereocenters. The zero-order chi connectivity index (χ0) is 12.3. The van der Waals surface area contributed by atoms with Crippen LogP contribution in [0.3, 0.4) is 0 Å². The summed E-state index contributed by atoms with van der Waals surface area (Å²) in [4.78, 5) is 11.8. The van der Waals surface area contributed by atoms with Crippen LogP contribution in [0, 0.1) is 5.92 Å². The van der Waals surface area contributed by atoms with Crippen LogP contribution in [0.15, 0.2) is 24.3 Å². The molecule has 0 atom stereocenters. The molecule has 0 amide bonds. The lowest BCUT2D eigenvalue weighted by atomic mass is 9.87. The van der Waals surface area contributed by atoms with Crippen molar-refractivity contribution >= 4 is 5.97 Å². The van der Waals surface area contributed by atoms with Crippen LogP contribution in [-0.2, 0) is 4.79 Å².